The minimum absolute atomic E-state index is 0.110. The number of methoxy groups -OCH3 is 1. The van der Waals surface area contributed by atoms with Gasteiger partial charge in [0.2, 0.25) is 11.8 Å². The SMILES string of the molecule is COc1cccc([C@H]2C3=CC[C@@H]4C(=O)N(Cc5ccccc5)C(=O)[C@@H]4[C@@H]3CC3=C2C(=O)C=C(C)C3=O)c1O. The van der Waals surface area contributed by atoms with Crippen molar-refractivity contribution in [2.75, 3.05) is 7.11 Å². The number of carbonyl (C=O) groups excluding carboxylic acids is 4. The molecule has 4 atom stereocenters. The van der Waals surface area contributed by atoms with Gasteiger partial charge in [0.25, 0.3) is 0 Å². The van der Waals surface area contributed by atoms with Crippen LogP contribution in [0.15, 0.2) is 83.0 Å². The summed E-state index contributed by atoms with van der Waals surface area (Å²) in [5.74, 6) is -3.13. The fourth-order valence-corrected chi connectivity index (χ4v) is 6.66. The standard InChI is InChI=1S/C31H27NO6/c1-16-13-23(33)27-22(28(16)34)14-21-18(25(27)19-9-6-10-24(38-2)29(19)35)11-12-20-26(21)31(37)32(30(20)36)15-17-7-4-3-5-8-17/h3-11,13,20-21,25-26,35H,12,14-15H2,1-2H3/t20-,21+,25+,26-/m0/s1. The Hall–Kier alpha value is -4.26. The van der Waals surface area contributed by atoms with Crippen LogP contribution in [0.1, 0.15) is 36.8 Å². The van der Waals surface area contributed by atoms with Gasteiger partial charge in [-0.25, -0.2) is 0 Å². The molecule has 2 amide bonds. The predicted octanol–water partition coefficient (Wildman–Crippen LogP) is 4.03. The zero-order valence-corrected chi connectivity index (χ0v) is 21.1. The second-order valence-corrected chi connectivity index (χ2v) is 10.4. The molecule has 7 heteroatoms. The maximum absolute atomic E-state index is 13.8. The number of ketones is 2. The maximum atomic E-state index is 13.8. The summed E-state index contributed by atoms with van der Waals surface area (Å²) in [6.07, 6.45) is 3.85. The van der Waals surface area contributed by atoms with Crippen LogP contribution in [-0.4, -0.2) is 40.5 Å². The Balaban J connectivity index is 1.47. The van der Waals surface area contributed by atoms with E-state index in [2.05, 4.69) is 0 Å². The Morgan fingerprint density at radius 2 is 1.74 bits per heavy atom. The molecular weight excluding hydrogens is 482 g/mol. The van der Waals surface area contributed by atoms with Crippen LogP contribution in [-0.2, 0) is 25.7 Å². The van der Waals surface area contributed by atoms with Gasteiger partial charge in [0.05, 0.1) is 25.5 Å². The quantitative estimate of drug-likeness (QED) is 0.380. The Morgan fingerprint density at radius 1 is 0.974 bits per heavy atom. The van der Waals surface area contributed by atoms with Gasteiger partial charge in [0.15, 0.2) is 23.1 Å². The predicted molar refractivity (Wildman–Crippen MR) is 138 cm³/mol. The minimum atomic E-state index is -0.716. The number of rotatable bonds is 4. The first kappa shape index (κ1) is 24.1. The number of fused-ring (bicyclic) bond motifs is 3. The lowest BCUT2D eigenvalue weighted by Crippen LogP contribution is -2.39. The molecule has 2 aromatic carbocycles. The molecule has 4 aliphatic rings. The summed E-state index contributed by atoms with van der Waals surface area (Å²) in [4.78, 5) is 55.3. The highest BCUT2D eigenvalue weighted by molar-refractivity contribution is 6.23. The molecule has 1 saturated heterocycles. The molecule has 192 valence electrons. The average molecular weight is 510 g/mol. The second kappa shape index (κ2) is 8.94. The van der Waals surface area contributed by atoms with Crippen molar-refractivity contribution < 1.29 is 29.0 Å². The first-order valence-electron chi connectivity index (χ1n) is 12.8. The highest BCUT2D eigenvalue weighted by atomic mass is 16.5. The molecule has 0 spiro atoms. The van der Waals surface area contributed by atoms with Crippen LogP contribution in [0, 0.1) is 17.8 Å². The third-order valence-electron chi connectivity index (χ3n) is 8.40. The molecule has 1 N–H and O–H groups in total. The number of imide groups is 1. The third kappa shape index (κ3) is 3.49. The molecule has 38 heavy (non-hydrogen) atoms. The summed E-state index contributed by atoms with van der Waals surface area (Å²) in [5, 5.41) is 11.1. The van der Waals surface area contributed by atoms with Gasteiger partial charge in [-0.2, -0.15) is 0 Å². The lowest BCUT2D eigenvalue weighted by Gasteiger charge is -2.42. The van der Waals surface area contributed by atoms with Crippen LogP contribution >= 0.6 is 0 Å². The van der Waals surface area contributed by atoms with E-state index in [9.17, 15) is 24.3 Å². The molecular formula is C31H27NO6. The van der Waals surface area contributed by atoms with Crippen molar-refractivity contribution in [1.29, 1.82) is 0 Å². The van der Waals surface area contributed by atoms with Crippen LogP contribution in [0.25, 0.3) is 0 Å². The number of amides is 2. The number of benzene rings is 2. The summed E-state index contributed by atoms with van der Waals surface area (Å²) in [5.41, 5.74) is 3.16. The Labute approximate surface area is 220 Å². The summed E-state index contributed by atoms with van der Waals surface area (Å²) in [7, 11) is 1.45. The molecule has 7 nitrogen and oxygen atoms in total. The van der Waals surface area contributed by atoms with Crippen LogP contribution in [0.5, 0.6) is 11.5 Å². The van der Waals surface area contributed by atoms with Gasteiger partial charge in [0, 0.05) is 28.2 Å². The fraction of sp³-hybridized carbons (Fsp3) is 0.290. The summed E-state index contributed by atoms with van der Waals surface area (Å²) >= 11 is 0. The van der Waals surface area contributed by atoms with Gasteiger partial charge in [0.1, 0.15) is 0 Å². The monoisotopic (exact) mass is 509 g/mol. The molecule has 0 unspecified atom stereocenters. The number of phenolic OH excluding ortho intramolecular Hbond substituents is 1. The summed E-state index contributed by atoms with van der Waals surface area (Å²) in [6.45, 7) is 1.81. The number of phenols is 1. The number of carbonyl (C=O) groups is 4. The molecule has 1 fully saturated rings. The molecule has 1 aliphatic heterocycles. The van der Waals surface area contributed by atoms with Crippen LogP contribution in [0.3, 0.4) is 0 Å². The molecule has 1 heterocycles. The lowest BCUT2D eigenvalue weighted by molar-refractivity contribution is -0.140. The van der Waals surface area contributed by atoms with Gasteiger partial charge < -0.3 is 9.84 Å². The number of nitrogens with zero attached hydrogens (tertiary/aromatic N) is 1. The average Bonchev–Trinajstić information content (AvgIpc) is 3.16. The highest BCUT2D eigenvalue weighted by Gasteiger charge is 2.56. The van der Waals surface area contributed by atoms with Crippen molar-refractivity contribution >= 4 is 23.4 Å². The topological polar surface area (TPSA) is 101 Å². The normalized spacial score (nSPS) is 26.5. The number of hydrogen-bond acceptors (Lipinski definition) is 6. The molecule has 6 rings (SSSR count). The number of ether oxygens (including phenoxy) is 1. The molecule has 0 radical (unpaired) electrons. The molecule has 3 aliphatic carbocycles. The van der Waals surface area contributed by atoms with E-state index < -0.39 is 23.7 Å². The summed E-state index contributed by atoms with van der Waals surface area (Å²) < 4.78 is 5.33. The Morgan fingerprint density at radius 3 is 2.47 bits per heavy atom. The smallest absolute Gasteiger partial charge is 0.234 e. The van der Waals surface area contributed by atoms with Gasteiger partial charge in [-0.1, -0.05) is 54.1 Å². The van der Waals surface area contributed by atoms with Crippen molar-refractivity contribution in [3.05, 3.63) is 94.1 Å². The Bertz CT molecular complexity index is 1500. The third-order valence-corrected chi connectivity index (χ3v) is 8.40. The molecule has 0 bridgehead atoms. The van der Waals surface area contributed by atoms with E-state index in [1.807, 2.05) is 36.4 Å². The zero-order chi connectivity index (χ0) is 26.7. The van der Waals surface area contributed by atoms with Gasteiger partial charge >= 0.3 is 0 Å². The van der Waals surface area contributed by atoms with Gasteiger partial charge in [-0.15, -0.1) is 0 Å². The lowest BCUT2D eigenvalue weighted by atomic mass is 9.59. The van der Waals surface area contributed by atoms with Gasteiger partial charge in [-0.05, 0) is 43.4 Å². The number of aromatic hydroxyl groups is 1. The minimum Gasteiger partial charge on any atom is -0.504 e. The van der Waals surface area contributed by atoms with E-state index in [-0.39, 0.29) is 47.8 Å². The molecule has 0 aromatic heterocycles. The molecule has 2 aromatic rings. The molecule has 0 saturated carbocycles. The number of para-hydroxylation sites is 1. The number of allylic oxidation sites excluding steroid dienone is 6. The van der Waals surface area contributed by atoms with Crippen molar-refractivity contribution in [1.82, 2.24) is 4.90 Å². The van der Waals surface area contributed by atoms with Crippen LogP contribution in [0.4, 0.5) is 0 Å². The van der Waals surface area contributed by atoms with E-state index in [4.69, 9.17) is 4.74 Å². The maximum Gasteiger partial charge on any atom is 0.234 e. The first-order valence-corrected chi connectivity index (χ1v) is 12.8. The number of likely N-dealkylation sites (tertiary alicyclic amines) is 1. The van der Waals surface area contributed by atoms with E-state index in [0.29, 0.717) is 28.7 Å². The van der Waals surface area contributed by atoms with Crippen molar-refractivity contribution in [2.45, 2.75) is 32.2 Å². The largest absolute Gasteiger partial charge is 0.504 e. The van der Waals surface area contributed by atoms with Gasteiger partial charge in [-0.3, -0.25) is 24.1 Å². The Kier molecular flexibility index (Phi) is 5.67. The number of Topliss-reactive ketones (excluding diaryl/α,β-unsaturated/α-hetero) is 1. The van der Waals surface area contributed by atoms with Crippen LogP contribution < -0.4 is 4.74 Å². The van der Waals surface area contributed by atoms with E-state index >= 15 is 0 Å². The zero-order valence-electron chi connectivity index (χ0n) is 21.1. The highest BCUT2D eigenvalue weighted by Crippen LogP contribution is 2.56. The van der Waals surface area contributed by atoms with E-state index in [0.717, 1.165) is 11.1 Å². The van der Waals surface area contributed by atoms with E-state index in [1.165, 1.54) is 18.1 Å². The van der Waals surface area contributed by atoms with Crippen molar-refractivity contribution in [3.63, 3.8) is 0 Å². The van der Waals surface area contributed by atoms with E-state index in [1.54, 1.807) is 25.1 Å². The number of hydrogen-bond donors (Lipinski definition) is 1. The van der Waals surface area contributed by atoms with Crippen LogP contribution in [0.2, 0.25) is 0 Å². The summed E-state index contributed by atoms with van der Waals surface area (Å²) in [6, 6.07) is 14.5. The van der Waals surface area contributed by atoms with Crippen molar-refractivity contribution in [3.8, 4) is 11.5 Å². The fourth-order valence-electron chi connectivity index (χ4n) is 6.66. The second-order valence-electron chi connectivity index (χ2n) is 10.4. The first-order chi connectivity index (χ1) is 18.3. The van der Waals surface area contributed by atoms with Crippen molar-refractivity contribution in [2.24, 2.45) is 17.8 Å².